The summed E-state index contributed by atoms with van der Waals surface area (Å²) in [5.74, 6) is -0.642. The summed E-state index contributed by atoms with van der Waals surface area (Å²) in [5.41, 5.74) is 0. The Labute approximate surface area is 115 Å². The van der Waals surface area contributed by atoms with Crippen LogP contribution >= 0.6 is 15.9 Å². The highest BCUT2D eigenvalue weighted by Gasteiger charge is 2.16. The van der Waals surface area contributed by atoms with Gasteiger partial charge in [0.2, 0.25) is 0 Å². The smallest absolute Gasteiger partial charge is 0.260 e. The monoisotopic (exact) mass is 317 g/mol. The van der Waals surface area contributed by atoms with E-state index in [9.17, 15) is 9.18 Å². The van der Waals surface area contributed by atoms with Crippen molar-refractivity contribution in [3.8, 4) is 5.75 Å². The molecule has 0 aromatic heterocycles. The number of halogens is 2. The molecule has 3 nitrogen and oxygen atoms in total. The van der Waals surface area contributed by atoms with E-state index in [0.29, 0.717) is 11.0 Å². The second kappa shape index (κ2) is 7.36. The maximum atomic E-state index is 13.4. The molecule has 0 saturated heterocycles. The van der Waals surface area contributed by atoms with Gasteiger partial charge in [-0.15, -0.1) is 0 Å². The van der Waals surface area contributed by atoms with Crippen molar-refractivity contribution in [2.75, 3.05) is 6.54 Å². The van der Waals surface area contributed by atoms with Gasteiger partial charge in [-0.2, -0.15) is 0 Å². The minimum Gasteiger partial charge on any atom is -0.478 e. The van der Waals surface area contributed by atoms with Gasteiger partial charge in [-0.1, -0.05) is 29.3 Å². The molecule has 0 aliphatic carbocycles. The Morgan fingerprint density at radius 2 is 2.28 bits per heavy atom. The third-order valence-electron chi connectivity index (χ3n) is 2.40. The van der Waals surface area contributed by atoms with E-state index in [0.717, 1.165) is 12.8 Å². The van der Waals surface area contributed by atoms with Crippen LogP contribution in [0.2, 0.25) is 0 Å². The first-order valence-corrected chi connectivity index (χ1v) is 6.73. The van der Waals surface area contributed by atoms with Gasteiger partial charge in [-0.25, -0.2) is 4.39 Å². The molecule has 0 saturated carbocycles. The van der Waals surface area contributed by atoms with Crippen molar-refractivity contribution in [1.82, 2.24) is 5.32 Å². The largest absolute Gasteiger partial charge is 0.478 e. The summed E-state index contributed by atoms with van der Waals surface area (Å²) in [6.45, 7) is 4.26. The summed E-state index contributed by atoms with van der Waals surface area (Å²) in [6, 6.07) is 4.38. The minimum atomic E-state index is -0.717. The van der Waals surface area contributed by atoms with Gasteiger partial charge in [0.25, 0.3) is 5.91 Å². The molecule has 0 heterocycles. The van der Waals surface area contributed by atoms with Crippen molar-refractivity contribution in [3.05, 3.63) is 28.5 Å². The van der Waals surface area contributed by atoms with Crippen molar-refractivity contribution in [3.63, 3.8) is 0 Å². The number of ether oxygens (including phenoxy) is 1. The van der Waals surface area contributed by atoms with Gasteiger partial charge < -0.3 is 10.1 Å². The highest BCUT2D eigenvalue weighted by molar-refractivity contribution is 9.10. The zero-order chi connectivity index (χ0) is 13.5. The molecule has 100 valence electrons. The summed E-state index contributed by atoms with van der Waals surface area (Å²) in [7, 11) is 0. The maximum Gasteiger partial charge on any atom is 0.260 e. The van der Waals surface area contributed by atoms with Crippen LogP contribution < -0.4 is 10.1 Å². The van der Waals surface area contributed by atoms with E-state index in [1.54, 1.807) is 13.0 Å². The van der Waals surface area contributed by atoms with Gasteiger partial charge in [0.1, 0.15) is 0 Å². The van der Waals surface area contributed by atoms with Crippen LogP contribution in [0.1, 0.15) is 26.7 Å². The third kappa shape index (κ3) is 4.64. The zero-order valence-corrected chi connectivity index (χ0v) is 12.1. The molecular weight excluding hydrogens is 301 g/mol. The van der Waals surface area contributed by atoms with E-state index in [2.05, 4.69) is 21.2 Å². The Morgan fingerprint density at radius 3 is 2.94 bits per heavy atom. The fourth-order valence-corrected chi connectivity index (χ4v) is 1.68. The molecule has 1 aromatic carbocycles. The summed E-state index contributed by atoms with van der Waals surface area (Å²) in [5, 5.41) is 2.74. The fourth-order valence-electron chi connectivity index (χ4n) is 1.34. The molecule has 0 radical (unpaired) electrons. The number of carbonyl (C=O) groups excluding carboxylic acids is 1. The Kier molecular flexibility index (Phi) is 6.12. The fraction of sp³-hybridized carbons (Fsp3) is 0.462. The molecular formula is C13H17BrFNO2. The van der Waals surface area contributed by atoms with Crippen LogP contribution in [0.5, 0.6) is 5.75 Å². The molecule has 1 atom stereocenters. The summed E-state index contributed by atoms with van der Waals surface area (Å²) in [4.78, 5) is 11.6. The molecule has 0 aliphatic rings. The molecule has 18 heavy (non-hydrogen) atoms. The standard InChI is InChI=1S/C13H17BrFNO2/c1-3-4-7-16-13(17)9(2)18-12-8-10(14)5-6-11(12)15/h5-6,8-9H,3-4,7H2,1-2H3,(H,16,17). The highest BCUT2D eigenvalue weighted by atomic mass is 79.9. The van der Waals surface area contributed by atoms with Crippen LogP contribution in [-0.2, 0) is 4.79 Å². The Morgan fingerprint density at radius 1 is 1.56 bits per heavy atom. The first kappa shape index (κ1) is 15.0. The van der Waals surface area contributed by atoms with Crippen LogP contribution in [-0.4, -0.2) is 18.6 Å². The first-order valence-electron chi connectivity index (χ1n) is 5.94. The van der Waals surface area contributed by atoms with E-state index in [1.165, 1.54) is 12.1 Å². The van der Waals surface area contributed by atoms with Gasteiger partial charge in [-0.3, -0.25) is 4.79 Å². The number of unbranched alkanes of at least 4 members (excludes halogenated alkanes) is 1. The number of hydrogen-bond acceptors (Lipinski definition) is 2. The molecule has 1 aromatic rings. The lowest BCUT2D eigenvalue weighted by Crippen LogP contribution is -2.36. The van der Waals surface area contributed by atoms with Gasteiger partial charge >= 0.3 is 0 Å². The van der Waals surface area contributed by atoms with Crippen LogP contribution in [0.3, 0.4) is 0 Å². The molecule has 0 aliphatic heterocycles. The quantitative estimate of drug-likeness (QED) is 0.818. The molecule has 1 unspecified atom stereocenters. The summed E-state index contributed by atoms with van der Waals surface area (Å²) >= 11 is 3.23. The first-order chi connectivity index (χ1) is 8.54. The summed E-state index contributed by atoms with van der Waals surface area (Å²) in [6.07, 6.45) is 1.21. The van der Waals surface area contributed by atoms with Crippen molar-refractivity contribution < 1.29 is 13.9 Å². The van der Waals surface area contributed by atoms with Crippen molar-refractivity contribution >= 4 is 21.8 Å². The van der Waals surface area contributed by atoms with E-state index < -0.39 is 11.9 Å². The van der Waals surface area contributed by atoms with Crippen molar-refractivity contribution in [2.45, 2.75) is 32.8 Å². The van der Waals surface area contributed by atoms with Crippen LogP contribution in [0, 0.1) is 5.82 Å². The van der Waals surface area contributed by atoms with E-state index in [1.807, 2.05) is 6.92 Å². The van der Waals surface area contributed by atoms with Gasteiger partial charge in [0.15, 0.2) is 17.7 Å². The van der Waals surface area contributed by atoms with Crippen LogP contribution in [0.25, 0.3) is 0 Å². The van der Waals surface area contributed by atoms with Crippen molar-refractivity contribution in [2.24, 2.45) is 0 Å². The second-order valence-corrected chi connectivity index (χ2v) is 4.90. The van der Waals surface area contributed by atoms with Crippen LogP contribution in [0.4, 0.5) is 4.39 Å². The highest BCUT2D eigenvalue weighted by Crippen LogP contribution is 2.23. The van der Waals surface area contributed by atoms with Gasteiger partial charge in [-0.05, 0) is 31.5 Å². The average Bonchev–Trinajstić information content (AvgIpc) is 2.34. The van der Waals surface area contributed by atoms with E-state index >= 15 is 0 Å². The second-order valence-electron chi connectivity index (χ2n) is 3.98. The minimum absolute atomic E-state index is 0.0718. The average molecular weight is 318 g/mol. The molecule has 1 amide bonds. The van der Waals surface area contributed by atoms with E-state index in [4.69, 9.17) is 4.74 Å². The SMILES string of the molecule is CCCCNC(=O)C(C)Oc1cc(Br)ccc1F. The summed E-state index contributed by atoms with van der Waals surface area (Å²) < 4.78 is 19.4. The number of hydrogen-bond donors (Lipinski definition) is 1. The number of benzene rings is 1. The molecule has 1 N–H and O–H groups in total. The number of rotatable bonds is 6. The normalized spacial score (nSPS) is 12.0. The third-order valence-corrected chi connectivity index (χ3v) is 2.89. The molecule has 1 rings (SSSR count). The topological polar surface area (TPSA) is 38.3 Å². The van der Waals surface area contributed by atoms with Gasteiger partial charge in [0.05, 0.1) is 0 Å². The molecule has 0 bridgehead atoms. The lowest BCUT2D eigenvalue weighted by atomic mass is 10.3. The zero-order valence-electron chi connectivity index (χ0n) is 10.5. The maximum absolute atomic E-state index is 13.4. The van der Waals surface area contributed by atoms with E-state index in [-0.39, 0.29) is 11.7 Å². The predicted octanol–water partition coefficient (Wildman–Crippen LogP) is 3.27. The lowest BCUT2D eigenvalue weighted by Gasteiger charge is -2.15. The van der Waals surface area contributed by atoms with Gasteiger partial charge in [0, 0.05) is 11.0 Å². The Hall–Kier alpha value is -1.10. The number of amides is 1. The molecule has 0 spiro atoms. The lowest BCUT2D eigenvalue weighted by molar-refractivity contribution is -0.127. The number of nitrogens with one attached hydrogen (secondary N) is 1. The van der Waals surface area contributed by atoms with Crippen LogP contribution in [0.15, 0.2) is 22.7 Å². The Balaban J connectivity index is 2.55. The molecule has 0 fully saturated rings. The molecule has 5 heteroatoms. The Bertz CT molecular complexity index is 412. The predicted molar refractivity (Wildman–Crippen MR) is 72.1 cm³/mol. The number of carbonyl (C=O) groups is 1. The van der Waals surface area contributed by atoms with Crippen molar-refractivity contribution in [1.29, 1.82) is 0 Å².